The Bertz CT molecular complexity index is 400. The molecule has 2 aliphatic heterocycles. The van der Waals surface area contributed by atoms with Crippen molar-refractivity contribution in [3.05, 3.63) is 0 Å². The first-order chi connectivity index (χ1) is 8.52. The smallest absolute Gasteiger partial charge is 0.139 e. The Kier molecular flexibility index (Phi) is 2.16. The standard InChI is InChI=1S/C16H24O2/c1-15(2)9-12(17)14-11(15)8-10-4-3-6-16(10)7-5-13(14)18-16/h10-11,13-14H,3-9H2,1-2H3/t10?,11?,13-,14?,16+/m1/s1. The maximum absolute atomic E-state index is 12.4. The SMILES string of the molecule is CC1(C)CC(=O)C2C1CC1CCC[C@]13CC[C@H]2O3. The number of Topliss-reactive ketones (excluding diaryl/α,β-unsaturated/α-hetero) is 1. The van der Waals surface area contributed by atoms with Crippen molar-refractivity contribution in [1.82, 2.24) is 0 Å². The van der Waals surface area contributed by atoms with Crippen molar-refractivity contribution in [1.29, 1.82) is 0 Å². The van der Waals surface area contributed by atoms with Crippen LogP contribution in [0.25, 0.3) is 0 Å². The van der Waals surface area contributed by atoms with Crippen LogP contribution in [0.2, 0.25) is 0 Å². The molecule has 2 heterocycles. The van der Waals surface area contributed by atoms with E-state index in [1.54, 1.807) is 0 Å². The summed E-state index contributed by atoms with van der Waals surface area (Å²) in [6.07, 6.45) is 8.57. The topological polar surface area (TPSA) is 26.3 Å². The Labute approximate surface area is 109 Å². The minimum Gasteiger partial charge on any atom is -0.371 e. The van der Waals surface area contributed by atoms with Crippen LogP contribution in [-0.4, -0.2) is 17.5 Å². The molecule has 3 unspecified atom stereocenters. The van der Waals surface area contributed by atoms with Crippen molar-refractivity contribution in [2.24, 2.45) is 23.2 Å². The van der Waals surface area contributed by atoms with E-state index in [1.807, 2.05) is 0 Å². The van der Waals surface area contributed by atoms with E-state index >= 15 is 0 Å². The van der Waals surface area contributed by atoms with E-state index in [0.717, 1.165) is 18.8 Å². The third kappa shape index (κ3) is 1.31. The van der Waals surface area contributed by atoms with Crippen LogP contribution in [0.5, 0.6) is 0 Å². The summed E-state index contributed by atoms with van der Waals surface area (Å²) in [7, 11) is 0. The molecule has 0 radical (unpaired) electrons. The summed E-state index contributed by atoms with van der Waals surface area (Å²) < 4.78 is 6.49. The van der Waals surface area contributed by atoms with Crippen molar-refractivity contribution in [2.45, 2.75) is 70.5 Å². The second kappa shape index (κ2) is 3.39. The van der Waals surface area contributed by atoms with E-state index in [-0.39, 0.29) is 23.0 Å². The summed E-state index contributed by atoms with van der Waals surface area (Å²) in [5, 5.41) is 0. The monoisotopic (exact) mass is 248 g/mol. The van der Waals surface area contributed by atoms with Crippen LogP contribution in [0.3, 0.4) is 0 Å². The molecule has 5 atom stereocenters. The number of ether oxygens (including phenoxy) is 1. The van der Waals surface area contributed by atoms with Gasteiger partial charge in [-0.05, 0) is 49.4 Å². The Morgan fingerprint density at radius 3 is 2.89 bits per heavy atom. The van der Waals surface area contributed by atoms with Gasteiger partial charge in [0.05, 0.1) is 11.7 Å². The Balaban J connectivity index is 1.75. The summed E-state index contributed by atoms with van der Waals surface area (Å²) in [6.45, 7) is 4.60. The van der Waals surface area contributed by atoms with Gasteiger partial charge in [0.2, 0.25) is 0 Å². The molecule has 1 spiro atoms. The van der Waals surface area contributed by atoms with Crippen LogP contribution in [0.15, 0.2) is 0 Å². The van der Waals surface area contributed by atoms with E-state index in [9.17, 15) is 4.79 Å². The molecular weight excluding hydrogens is 224 g/mol. The molecule has 2 aliphatic carbocycles. The number of fused-ring (bicyclic) bond motifs is 3. The fraction of sp³-hybridized carbons (Fsp3) is 0.938. The van der Waals surface area contributed by atoms with E-state index in [2.05, 4.69) is 13.8 Å². The molecular formula is C16H24O2. The molecule has 2 saturated heterocycles. The van der Waals surface area contributed by atoms with E-state index < -0.39 is 0 Å². The van der Waals surface area contributed by atoms with Gasteiger partial charge in [0.15, 0.2) is 0 Å². The van der Waals surface area contributed by atoms with Crippen molar-refractivity contribution in [3.8, 4) is 0 Å². The molecule has 4 fully saturated rings. The van der Waals surface area contributed by atoms with E-state index in [1.165, 1.54) is 32.1 Å². The lowest BCUT2D eigenvalue weighted by Gasteiger charge is -2.34. The first-order valence-electron chi connectivity index (χ1n) is 7.72. The predicted octanol–water partition coefficient (Wildman–Crippen LogP) is 3.34. The number of carbonyl (C=O) groups excluding carboxylic acids is 1. The highest BCUT2D eigenvalue weighted by Crippen LogP contribution is 2.60. The first kappa shape index (κ1) is 11.5. The number of carbonyl (C=O) groups is 1. The highest BCUT2D eigenvalue weighted by Gasteiger charge is 2.61. The first-order valence-corrected chi connectivity index (χ1v) is 7.72. The highest BCUT2D eigenvalue weighted by atomic mass is 16.5. The van der Waals surface area contributed by atoms with Crippen molar-refractivity contribution in [3.63, 3.8) is 0 Å². The Hall–Kier alpha value is -0.370. The molecule has 0 aromatic rings. The number of hydrogen-bond acceptors (Lipinski definition) is 2. The molecule has 18 heavy (non-hydrogen) atoms. The average molecular weight is 248 g/mol. The quantitative estimate of drug-likeness (QED) is 0.657. The average Bonchev–Trinajstić information content (AvgIpc) is 2.88. The summed E-state index contributed by atoms with van der Waals surface area (Å²) in [5.74, 6) is 2.04. The second-order valence-electron chi connectivity index (χ2n) is 7.85. The third-order valence-corrected chi connectivity index (χ3v) is 6.51. The molecule has 100 valence electrons. The van der Waals surface area contributed by atoms with Crippen molar-refractivity contribution in [2.75, 3.05) is 0 Å². The molecule has 4 aliphatic rings. The minimum atomic E-state index is 0.186. The fourth-order valence-corrected chi connectivity index (χ4v) is 5.64. The van der Waals surface area contributed by atoms with Gasteiger partial charge in [-0.1, -0.05) is 20.3 Å². The van der Waals surface area contributed by atoms with Gasteiger partial charge in [-0.25, -0.2) is 0 Å². The third-order valence-electron chi connectivity index (χ3n) is 6.51. The molecule has 2 nitrogen and oxygen atoms in total. The van der Waals surface area contributed by atoms with Crippen molar-refractivity contribution < 1.29 is 9.53 Å². The number of hydrogen-bond donors (Lipinski definition) is 0. The lowest BCUT2D eigenvalue weighted by atomic mass is 9.69. The van der Waals surface area contributed by atoms with Crippen LogP contribution in [0.4, 0.5) is 0 Å². The fourth-order valence-electron chi connectivity index (χ4n) is 5.64. The van der Waals surface area contributed by atoms with Gasteiger partial charge in [0.25, 0.3) is 0 Å². The largest absolute Gasteiger partial charge is 0.371 e. The van der Waals surface area contributed by atoms with Crippen LogP contribution in [-0.2, 0) is 9.53 Å². The Morgan fingerprint density at radius 1 is 1.22 bits per heavy atom. The summed E-state index contributed by atoms with van der Waals surface area (Å²) in [6, 6.07) is 0. The van der Waals surface area contributed by atoms with Crippen LogP contribution in [0, 0.1) is 23.2 Å². The molecule has 2 bridgehead atoms. The van der Waals surface area contributed by atoms with Gasteiger partial charge in [0, 0.05) is 12.3 Å². The molecule has 2 saturated carbocycles. The van der Waals surface area contributed by atoms with Gasteiger partial charge >= 0.3 is 0 Å². The van der Waals surface area contributed by atoms with Gasteiger partial charge in [0.1, 0.15) is 5.78 Å². The van der Waals surface area contributed by atoms with Crippen molar-refractivity contribution >= 4 is 5.78 Å². The van der Waals surface area contributed by atoms with Crippen LogP contribution in [0.1, 0.15) is 58.8 Å². The second-order valence-corrected chi connectivity index (χ2v) is 7.85. The van der Waals surface area contributed by atoms with Crippen LogP contribution < -0.4 is 0 Å². The highest BCUT2D eigenvalue weighted by molar-refractivity contribution is 5.85. The van der Waals surface area contributed by atoms with Crippen LogP contribution >= 0.6 is 0 Å². The molecule has 0 N–H and O–H groups in total. The maximum Gasteiger partial charge on any atom is 0.139 e. The lowest BCUT2D eigenvalue weighted by molar-refractivity contribution is -0.128. The molecule has 2 heteroatoms. The zero-order chi connectivity index (χ0) is 12.5. The zero-order valence-corrected chi connectivity index (χ0v) is 11.6. The predicted molar refractivity (Wildman–Crippen MR) is 69.2 cm³/mol. The zero-order valence-electron chi connectivity index (χ0n) is 11.6. The van der Waals surface area contributed by atoms with Gasteiger partial charge < -0.3 is 4.74 Å². The molecule has 0 amide bonds. The maximum atomic E-state index is 12.4. The molecule has 0 aromatic carbocycles. The van der Waals surface area contributed by atoms with Gasteiger partial charge in [-0.3, -0.25) is 4.79 Å². The van der Waals surface area contributed by atoms with E-state index in [0.29, 0.717) is 11.7 Å². The minimum absolute atomic E-state index is 0.186. The Morgan fingerprint density at radius 2 is 2.06 bits per heavy atom. The summed E-state index contributed by atoms with van der Waals surface area (Å²) >= 11 is 0. The van der Waals surface area contributed by atoms with E-state index in [4.69, 9.17) is 4.74 Å². The van der Waals surface area contributed by atoms with Gasteiger partial charge in [-0.15, -0.1) is 0 Å². The summed E-state index contributed by atoms with van der Waals surface area (Å²) in [4.78, 5) is 12.4. The number of rotatable bonds is 0. The molecule has 4 rings (SSSR count). The number of ketones is 1. The summed E-state index contributed by atoms with van der Waals surface area (Å²) in [5.41, 5.74) is 0.394. The molecule has 0 aromatic heterocycles. The lowest BCUT2D eigenvalue weighted by Crippen LogP contribution is -2.33. The normalized spacial score (nSPS) is 53.1. The van der Waals surface area contributed by atoms with Gasteiger partial charge in [-0.2, -0.15) is 0 Å².